The van der Waals surface area contributed by atoms with E-state index in [0.717, 1.165) is 11.3 Å². The van der Waals surface area contributed by atoms with Gasteiger partial charge in [-0.15, -0.1) is 0 Å². The van der Waals surface area contributed by atoms with E-state index in [1.165, 1.54) is 12.4 Å². The summed E-state index contributed by atoms with van der Waals surface area (Å²) in [5, 5.41) is 0.264. The minimum Gasteiger partial charge on any atom is -0.469 e. The second-order valence-corrected chi connectivity index (χ2v) is 4.27. The van der Waals surface area contributed by atoms with Gasteiger partial charge in [-0.05, 0) is 13.0 Å². The Morgan fingerprint density at radius 3 is 2.78 bits per heavy atom. The largest absolute Gasteiger partial charge is 0.469 e. The van der Waals surface area contributed by atoms with Crippen LogP contribution in [0.25, 0.3) is 0 Å². The molecule has 94 valence electrons. The smallest absolute Gasteiger partial charge is 0.274 e. The minimum absolute atomic E-state index is 0.209. The summed E-state index contributed by atoms with van der Waals surface area (Å²) in [6, 6.07) is 1.84. The lowest BCUT2D eigenvalue weighted by molar-refractivity contribution is 0.0778. The van der Waals surface area contributed by atoms with E-state index in [2.05, 4.69) is 9.97 Å². The van der Waals surface area contributed by atoms with E-state index < -0.39 is 0 Å². The van der Waals surface area contributed by atoms with E-state index >= 15 is 0 Å². The predicted molar refractivity (Wildman–Crippen MR) is 66.3 cm³/mol. The van der Waals surface area contributed by atoms with E-state index in [1.807, 2.05) is 13.0 Å². The fraction of sp³-hybridized carbons (Fsp3) is 0.250. The van der Waals surface area contributed by atoms with Crippen LogP contribution in [0.3, 0.4) is 0 Å². The van der Waals surface area contributed by atoms with Crippen LogP contribution in [0.15, 0.2) is 29.1 Å². The molecule has 0 bridgehead atoms. The molecule has 2 aromatic heterocycles. The number of nitrogens with zero attached hydrogens (tertiary/aromatic N) is 3. The molecule has 0 saturated carbocycles. The zero-order chi connectivity index (χ0) is 13.1. The van der Waals surface area contributed by atoms with Crippen molar-refractivity contribution < 1.29 is 9.21 Å². The van der Waals surface area contributed by atoms with Crippen LogP contribution in [0.2, 0.25) is 5.15 Å². The number of amides is 1. The van der Waals surface area contributed by atoms with E-state index in [1.54, 1.807) is 18.2 Å². The summed E-state index contributed by atoms with van der Waals surface area (Å²) in [7, 11) is 1.70. The topological polar surface area (TPSA) is 59.2 Å². The van der Waals surface area contributed by atoms with Crippen molar-refractivity contribution in [3.8, 4) is 0 Å². The summed E-state index contributed by atoms with van der Waals surface area (Å²) in [6.45, 7) is 2.32. The molecule has 0 unspecified atom stereocenters. The molecule has 0 radical (unpaired) electrons. The van der Waals surface area contributed by atoms with E-state index in [4.69, 9.17) is 16.0 Å². The van der Waals surface area contributed by atoms with Crippen molar-refractivity contribution >= 4 is 17.5 Å². The Morgan fingerprint density at radius 2 is 2.22 bits per heavy atom. The molecule has 1 amide bonds. The lowest BCUT2D eigenvalue weighted by Gasteiger charge is -2.15. The molecule has 6 heteroatoms. The molecule has 2 aromatic rings. The van der Waals surface area contributed by atoms with E-state index in [9.17, 15) is 4.79 Å². The van der Waals surface area contributed by atoms with E-state index in [-0.39, 0.29) is 16.8 Å². The van der Waals surface area contributed by atoms with Crippen LogP contribution >= 0.6 is 11.6 Å². The molecule has 2 heterocycles. The normalized spacial score (nSPS) is 10.4. The Bertz CT molecular complexity index is 551. The van der Waals surface area contributed by atoms with Crippen LogP contribution in [-0.2, 0) is 6.54 Å². The van der Waals surface area contributed by atoms with Gasteiger partial charge in [-0.25, -0.2) is 9.97 Å². The minimum atomic E-state index is -0.209. The Hall–Kier alpha value is -1.88. The van der Waals surface area contributed by atoms with Crippen LogP contribution in [0.5, 0.6) is 0 Å². The number of hydrogen-bond donors (Lipinski definition) is 0. The third kappa shape index (κ3) is 2.68. The zero-order valence-electron chi connectivity index (χ0n) is 10.1. The molecule has 18 heavy (non-hydrogen) atoms. The third-order valence-corrected chi connectivity index (χ3v) is 2.76. The summed E-state index contributed by atoms with van der Waals surface area (Å²) in [5.74, 6) is 0.594. The lowest BCUT2D eigenvalue weighted by atomic mass is 10.2. The summed E-state index contributed by atoms with van der Waals surface area (Å²) >= 11 is 5.62. The highest BCUT2D eigenvalue weighted by atomic mass is 35.5. The van der Waals surface area contributed by atoms with Crippen LogP contribution in [0, 0.1) is 6.92 Å². The highest BCUT2D eigenvalue weighted by Crippen LogP contribution is 2.12. The molecule has 5 nitrogen and oxygen atoms in total. The van der Waals surface area contributed by atoms with Crippen molar-refractivity contribution in [2.24, 2.45) is 0 Å². The Morgan fingerprint density at radius 1 is 1.44 bits per heavy atom. The highest BCUT2D eigenvalue weighted by molar-refractivity contribution is 6.29. The quantitative estimate of drug-likeness (QED) is 0.854. The van der Waals surface area contributed by atoms with Gasteiger partial charge in [0.1, 0.15) is 16.6 Å². The monoisotopic (exact) mass is 265 g/mol. The van der Waals surface area contributed by atoms with Crippen LogP contribution in [0.4, 0.5) is 0 Å². The standard InChI is InChI=1S/C12H12ClN3O2/c1-8-9(3-4-18-8)7-16(2)12(17)10-5-15-11(13)6-14-10/h3-6H,7H2,1-2H3. The van der Waals surface area contributed by atoms with Crippen molar-refractivity contribution in [1.29, 1.82) is 0 Å². The fourth-order valence-electron chi connectivity index (χ4n) is 1.52. The zero-order valence-corrected chi connectivity index (χ0v) is 10.8. The Labute approximate surface area is 109 Å². The SMILES string of the molecule is Cc1occc1CN(C)C(=O)c1cnc(Cl)cn1. The van der Waals surface area contributed by atoms with Crippen LogP contribution in [-0.4, -0.2) is 27.8 Å². The second kappa shape index (κ2) is 5.18. The average Bonchev–Trinajstić information content (AvgIpc) is 2.75. The van der Waals surface area contributed by atoms with Gasteiger partial charge in [0.15, 0.2) is 0 Å². The number of rotatable bonds is 3. The van der Waals surface area contributed by atoms with Gasteiger partial charge < -0.3 is 9.32 Å². The molecule has 0 aliphatic rings. The van der Waals surface area contributed by atoms with Gasteiger partial charge in [-0.3, -0.25) is 4.79 Å². The van der Waals surface area contributed by atoms with Gasteiger partial charge in [0, 0.05) is 19.2 Å². The van der Waals surface area contributed by atoms with Gasteiger partial charge in [0.2, 0.25) is 0 Å². The molecular formula is C12H12ClN3O2. The molecule has 0 aromatic carbocycles. The van der Waals surface area contributed by atoms with Gasteiger partial charge in [0.05, 0.1) is 18.7 Å². The maximum absolute atomic E-state index is 12.0. The number of aromatic nitrogens is 2. The highest BCUT2D eigenvalue weighted by Gasteiger charge is 2.15. The number of carbonyl (C=O) groups excluding carboxylic acids is 1. The van der Waals surface area contributed by atoms with Crippen molar-refractivity contribution in [3.63, 3.8) is 0 Å². The first-order chi connectivity index (χ1) is 8.58. The van der Waals surface area contributed by atoms with Gasteiger partial charge in [-0.2, -0.15) is 0 Å². The number of halogens is 1. The van der Waals surface area contributed by atoms with Crippen LogP contribution in [0.1, 0.15) is 21.8 Å². The number of aryl methyl sites for hydroxylation is 1. The van der Waals surface area contributed by atoms with Gasteiger partial charge in [0.25, 0.3) is 5.91 Å². The number of carbonyl (C=O) groups is 1. The average molecular weight is 266 g/mol. The molecule has 2 rings (SSSR count). The van der Waals surface area contributed by atoms with Crippen molar-refractivity contribution in [1.82, 2.24) is 14.9 Å². The summed E-state index contributed by atoms with van der Waals surface area (Å²) in [5.41, 5.74) is 1.23. The second-order valence-electron chi connectivity index (χ2n) is 3.89. The number of hydrogen-bond acceptors (Lipinski definition) is 4. The first-order valence-corrected chi connectivity index (χ1v) is 5.71. The van der Waals surface area contributed by atoms with Gasteiger partial charge >= 0.3 is 0 Å². The van der Waals surface area contributed by atoms with Gasteiger partial charge in [-0.1, -0.05) is 11.6 Å². The Balaban J connectivity index is 2.09. The predicted octanol–water partition coefficient (Wildman–Crippen LogP) is 2.30. The van der Waals surface area contributed by atoms with Crippen molar-refractivity contribution in [2.45, 2.75) is 13.5 Å². The molecule has 0 aliphatic heterocycles. The van der Waals surface area contributed by atoms with Crippen molar-refractivity contribution in [3.05, 3.63) is 46.9 Å². The summed E-state index contributed by atoms with van der Waals surface area (Å²) in [4.78, 5) is 21.4. The maximum atomic E-state index is 12.0. The molecule has 0 spiro atoms. The number of furan rings is 1. The van der Waals surface area contributed by atoms with E-state index in [0.29, 0.717) is 6.54 Å². The fourth-order valence-corrected chi connectivity index (χ4v) is 1.62. The molecule has 0 fully saturated rings. The molecule has 0 aliphatic carbocycles. The van der Waals surface area contributed by atoms with Crippen molar-refractivity contribution in [2.75, 3.05) is 7.05 Å². The summed E-state index contributed by atoms with van der Waals surface area (Å²) in [6.07, 6.45) is 4.32. The van der Waals surface area contributed by atoms with Crippen LogP contribution < -0.4 is 0 Å². The summed E-state index contributed by atoms with van der Waals surface area (Å²) < 4.78 is 5.18. The molecule has 0 atom stereocenters. The lowest BCUT2D eigenvalue weighted by Crippen LogP contribution is -2.27. The first kappa shape index (κ1) is 12.6. The first-order valence-electron chi connectivity index (χ1n) is 5.34. The third-order valence-electron chi connectivity index (χ3n) is 2.56. The molecule has 0 N–H and O–H groups in total. The maximum Gasteiger partial charge on any atom is 0.274 e. The molecule has 0 saturated heterocycles. The molecular weight excluding hydrogens is 254 g/mol. The Kier molecular flexibility index (Phi) is 3.62.